The summed E-state index contributed by atoms with van der Waals surface area (Å²) >= 11 is 0. The predicted molar refractivity (Wildman–Crippen MR) is 53.3 cm³/mol. The van der Waals surface area contributed by atoms with Crippen LogP contribution in [0.2, 0.25) is 0 Å². The smallest absolute Gasteiger partial charge is 0.411 e. The summed E-state index contributed by atoms with van der Waals surface area (Å²) in [6, 6.07) is 0. The summed E-state index contributed by atoms with van der Waals surface area (Å²) in [5.41, 5.74) is -0.0959. The van der Waals surface area contributed by atoms with E-state index in [0.717, 1.165) is 0 Å². The van der Waals surface area contributed by atoms with E-state index in [1.165, 1.54) is 10.8 Å². The zero-order chi connectivity index (χ0) is 13.3. The highest BCUT2D eigenvalue weighted by Gasteiger charge is 2.31. The summed E-state index contributed by atoms with van der Waals surface area (Å²) < 4.78 is 42.3. The number of carbonyl (C=O) groups is 1. The van der Waals surface area contributed by atoms with Gasteiger partial charge in [-0.25, -0.2) is 9.78 Å². The monoisotopic (exact) mass is 264 g/mol. The molecule has 0 saturated carbocycles. The lowest BCUT2D eigenvalue weighted by atomic mass is 10.1. The lowest BCUT2D eigenvalue weighted by molar-refractivity contribution is -0.187. The Labute approximate surface area is 100 Å². The number of carboxylic acids is 1. The molecule has 1 aromatic heterocycles. The van der Waals surface area contributed by atoms with Gasteiger partial charge in [-0.1, -0.05) is 0 Å². The van der Waals surface area contributed by atoms with Crippen LogP contribution in [-0.4, -0.2) is 39.5 Å². The molecule has 0 aliphatic carbocycles. The zero-order valence-electron chi connectivity index (χ0n) is 9.28. The number of hydrogen-bond acceptors (Lipinski definition) is 3. The number of hydrogen-bond donors (Lipinski definition) is 1. The quantitative estimate of drug-likeness (QED) is 0.898. The summed E-state index contributed by atoms with van der Waals surface area (Å²) in [5, 5.41) is 8.75. The first-order valence-electron chi connectivity index (χ1n) is 5.33. The largest absolute Gasteiger partial charge is 0.476 e. The maximum absolute atomic E-state index is 12.0. The molecule has 1 unspecified atom stereocenters. The first kappa shape index (κ1) is 12.9. The Hall–Kier alpha value is -1.57. The number of aromatic nitrogens is 2. The number of halogens is 3. The molecule has 18 heavy (non-hydrogen) atoms. The van der Waals surface area contributed by atoms with Crippen molar-refractivity contribution in [3.63, 3.8) is 0 Å². The molecule has 0 spiro atoms. The van der Waals surface area contributed by atoms with Crippen molar-refractivity contribution in [2.45, 2.75) is 31.7 Å². The maximum atomic E-state index is 12.0. The fourth-order valence-corrected chi connectivity index (χ4v) is 1.86. The van der Waals surface area contributed by atoms with E-state index in [4.69, 9.17) is 9.84 Å². The molecule has 0 bridgehead atoms. The number of alkyl halides is 3. The van der Waals surface area contributed by atoms with Crippen molar-refractivity contribution >= 4 is 5.97 Å². The number of imidazole rings is 1. The molecule has 0 radical (unpaired) electrons. The van der Waals surface area contributed by atoms with Gasteiger partial charge in [0, 0.05) is 12.6 Å². The summed E-state index contributed by atoms with van der Waals surface area (Å²) in [6.07, 6.45) is -2.76. The Morgan fingerprint density at radius 2 is 2.33 bits per heavy atom. The highest BCUT2D eigenvalue weighted by molar-refractivity contribution is 5.85. The van der Waals surface area contributed by atoms with Crippen LogP contribution in [0.5, 0.6) is 0 Å². The minimum Gasteiger partial charge on any atom is -0.476 e. The fourth-order valence-electron chi connectivity index (χ4n) is 1.86. The van der Waals surface area contributed by atoms with Gasteiger partial charge >= 0.3 is 12.1 Å². The van der Waals surface area contributed by atoms with Crippen molar-refractivity contribution in [3.05, 3.63) is 17.7 Å². The van der Waals surface area contributed by atoms with Crippen molar-refractivity contribution in [3.8, 4) is 0 Å². The highest BCUT2D eigenvalue weighted by Crippen LogP contribution is 2.21. The van der Waals surface area contributed by atoms with Crippen LogP contribution in [-0.2, 0) is 17.7 Å². The normalized spacial score (nSPS) is 19.6. The van der Waals surface area contributed by atoms with Crippen LogP contribution in [0.25, 0.3) is 0 Å². The third-order valence-electron chi connectivity index (χ3n) is 2.65. The molecule has 1 N–H and O–H groups in total. The second-order valence-electron chi connectivity index (χ2n) is 4.09. The van der Waals surface area contributed by atoms with E-state index in [2.05, 4.69) is 4.98 Å². The van der Waals surface area contributed by atoms with Crippen LogP contribution >= 0.6 is 0 Å². The topological polar surface area (TPSA) is 64.3 Å². The molecular formula is C10H11F3N2O3. The average molecular weight is 264 g/mol. The molecule has 5 nitrogen and oxygen atoms in total. The van der Waals surface area contributed by atoms with E-state index < -0.39 is 24.9 Å². The lowest BCUT2D eigenvalue weighted by Crippen LogP contribution is -2.30. The van der Waals surface area contributed by atoms with Crippen LogP contribution in [0.1, 0.15) is 22.7 Å². The van der Waals surface area contributed by atoms with E-state index in [0.29, 0.717) is 18.7 Å². The molecular weight excluding hydrogens is 253 g/mol. The molecule has 0 saturated heterocycles. The summed E-state index contributed by atoms with van der Waals surface area (Å²) in [7, 11) is 0. The Bertz CT molecular complexity index is 456. The minimum atomic E-state index is -4.35. The molecule has 8 heteroatoms. The number of fused-ring (bicyclic) bond motifs is 1. The number of ether oxygens (including phenoxy) is 1. The molecule has 2 rings (SSSR count). The number of nitrogens with zero attached hydrogens (tertiary/aromatic N) is 2. The average Bonchev–Trinajstić information content (AvgIpc) is 2.68. The van der Waals surface area contributed by atoms with Crippen molar-refractivity contribution in [2.24, 2.45) is 0 Å². The summed E-state index contributed by atoms with van der Waals surface area (Å²) in [6.45, 7) is -1.08. The van der Waals surface area contributed by atoms with Gasteiger partial charge in [0.2, 0.25) is 0 Å². The van der Waals surface area contributed by atoms with Gasteiger partial charge in [0.1, 0.15) is 12.4 Å². The Morgan fingerprint density at radius 1 is 1.61 bits per heavy atom. The van der Waals surface area contributed by atoms with E-state index in [-0.39, 0.29) is 12.2 Å². The Kier molecular flexibility index (Phi) is 3.29. The fraction of sp³-hybridized carbons (Fsp3) is 0.600. The van der Waals surface area contributed by atoms with E-state index in [1.807, 2.05) is 0 Å². The number of carboxylic acid groups (broad SMARTS) is 1. The molecule has 0 amide bonds. The molecule has 2 heterocycles. The lowest BCUT2D eigenvalue weighted by Gasteiger charge is -2.24. The van der Waals surface area contributed by atoms with Crippen LogP contribution in [0.3, 0.4) is 0 Å². The molecule has 1 aliphatic rings. The van der Waals surface area contributed by atoms with Crippen molar-refractivity contribution in [1.82, 2.24) is 9.55 Å². The van der Waals surface area contributed by atoms with Crippen molar-refractivity contribution in [1.29, 1.82) is 0 Å². The summed E-state index contributed by atoms with van der Waals surface area (Å²) in [4.78, 5) is 14.6. The van der Waals surface area contributed by atoms with Gasteiger partial charge in [0.15, 0.2) is 5.69 Å². The highest BCUT2D eigenvalue weighted by atomic mass is 19.4. The maximum Gasteiger partial charge on any atom is 0.411 e. The van der Waals surface area contributed by atoms with E-state index in [9.17, 15) is 18.0 Å². The number of aromatic carboxylic acids is 1. The number of rotatable bonds is 3. The van der Waals surface area contributed by atoms with Crippen molar-refractivity contribution < 1.29 is 27.8 Å². The number of aryl methyl sites for hydroxylation is 1. The molecule has 0 aromatic carbocycles. The predicted octanol–water partition coefficient (Wildman–Crippen LogP) is 1.47. The molecule has 1 aromatic rings. The van der Waals surface area contributed by atoms with Gasteiger partial charge in [-0.2, -0.15) is 13.2 Å². The molecule has 100 valence electrons. The zero-order valence-corrected chi connectivity index (χ0v) is 9.28. The van der Waals surface area contributed by atoms with Gasteiger partial charge in [0.05, 0.1) is 12.6 Å². The third-order valence-corrected chi connectivity index (χ3v) is 2.65. The van der Waals surface area contributed by atoms with Gasteiger partial charge in [-0.05, 0) is 6.42 Å². The van der Waals surface area contributed by atoms with E-state index in [1.54, 1.807) is 0 Å². The minimum absolute atomic E-state index is 0.0959. The Morgan fingerprint density at radius 3 is 2.94 bits per heavy atom. The van der Waals surface area contributed by atoms with Gasteiger partial charge in [-0.3, -0.25) is 0 Å². The third kappa shape index (κ3) is 3.00. The molecule has 0 fully saturated rings. The van der Waals surface area contributed by atoms with Crippen molar-refractivity contribution in [2.75, 3.05) is 6.61 Å². The van der Waals surface area contributed by atoms with Gasteiger partial charge < -0.3 is 14.4 Å². The van der Waals surface area contributed by atoms with Gasteiger partial charge in [0.25, 0.3) is 0 Å². The second kappa shape index (κ2) is 4.60. The Balaban J connectivity index is 1.99. The second-order valence-corrected chi connectivity index (χ2v) is 4.09. The standard InChI is InChI=1S/C10H11F3N2O3/c11-10(12,13)5-18-6-1-2-8-14-7(9(16)17)4-15(8)3-6/h4,6H,1-3,5H2,(H,16,17). The SMILES string of the molecule is O=C(O)c1cn2c(n1)CCC(OCC(F)(F)F)C2. The van der Waals surface area contributed by atoms with Crippen LogP contribution in [0.4, 0.5) is 13.2 Å². The van der Waals surface area contributed by atoms with Gasteiger partial charge in [-0.15, -0.1) is 0 Å². The molecule has 1 atom stereocenters. The summed E-state index contributed by atoms with van der Waals surface area (Å²) in [5.74, 6) is -0.580. The first-order valence-corrected chi connectivity index (χ1v) is 5.33. The molecule has 1 aliphatic heterocycles. The first-order chi connectivity index (χ1) is 8.35. The van der Waals surface area contributed by atoms with Crippen LogP contribution in [0.15, 0.2) is 6.20 Å². The van der Waals surface area contributed by atoms with Crippen LogP contribution in [0, 0.1) is 0 Å². The van der Waals surface area contributed by atoms with Crippen LogP contribution < -0.4 is 0 Å². The van der Waals surface area contributed by atoms with E-state index >= 15 is 0 Å².